The minimum absolute atomic E-state index is 0.110. The van der Waals surface area contributed by atoms with Gasteiger partial charge < -0.3 is 0 Å². The van der Waals surface area contributed by atoms with Crippen molar-refractivity contribution in [3.63, 3.8) is 0 Å². The molecule has 0 radical (unpaired) electrons. The molecule has 0 heterocycles. The minimum Gasteiger partial charge on any atom is -0.286 e. The Bertz CT molecular complexity index is 1520. The summed E-state index contributed by atoms with van der Waals surface area (Å²) in [6, 6.07) is 38.6. The lowest BCUT2D eigenvalue weighted by atomic mass is 9.68. The van der Waals surface area contributed by atoms with Gasteiger partial charge >= 0.3 is 0 Å². The molecule has 8 heteroatoms. The molecule has 0 amide bonds. The summed E-state index contributed by atoms with van der Waals surface area (Å²) >= 11 is 7.08. The van der Waals surface area contributed by atoms with Gasteiger partial charge in [0.1, 0.15) is 10.8 Å². The number of carbonyl (C=O) groups excluding carboxylic acids is 4. The fourth-order valence-electron chi connectivity index (χ4n) is 5.62. The number of rotatable bonds is 12. The molecule has 2 unspecified atom stereocenters. The highest BCUT2D eigenvalue weighted by Crippen LogP contribution is 2.46. The van der Waals surface area contributed by atoms with Crippen LogP contribution in [0.3, 0.4) is 0 Å². The molecule has 2 atom stereocenters. The Labute approximate surface area is 314 Å². The van der Waals surface area contributed by atoms with Crippen LogP contribution in [0.5, 0.6) is 0 Å². The van der Waals surface area contributed by atoms with E-state index in [-0.39, 0.29) is 27.0 Å². The van der Waals surface area contributed by atoms with Crippen molar-refractivity contribution in [3.8, 4) is 0 Å². The van der Waals surface area contributed by atoms with Crippen molar-refractivity contribution in [2.45, 2.75) is 49.4 Å². The van der Waals surface area contributed by atoms with Crippen molar-refractivity contribution in [1.29, 1.82) is 0 Å². The number of hydrogen-bond donors (Lipinski definition) is 0. The van der Waals surface area contributed by atoms with Gasteiger partial charge in [-0.1, -0.05) is 135 Å². The van der Waals surface area contributed by atoms with Crippen LogP contribution in [0.25, 0.3) is 0 Å². The zero-order valence-corrected chi connectivity index (χ0v) is 32.9. The van der Waals surface area contributed by atoms with Crippen LogP contribution in [0.1, 0.15) is 60.8 Å². The molecular weight excluding hydrogens is 1000 g/mol. The van der Waals surface area contributed by atoms with Gasteiger partial charge in [0.15, 0.2) is 0 Å². The number of benzene rings is 4. The highest BCUT2D eigenvalue weighted by Gasteiger charge is 2.51. The third kappa shape index (κ3) is 8.24. The first-order chi connectivity index (χ1) is 21.0. The van der Waals surface area contributed by atoms with E-state index < -0.39 is 10.8 Å². The third-order valence-corrected chi connectivity index (χ3v) is 11.4. The van der Waals surface area contributed by atoms with Crippen molar-refractivity contribution >= 4 is 106 Å². The van der Waals surface area contributed by atoms with E-state index in [1.807, 2.05) is 128 Å². The van der Waals surface area contributed by atoms with E-state index in [0.29, 0.717) is 12.8 Å². The normalized spacial score (nSPS) is 12.7. The van der Waals surface area contributed by atoms with Crippen LogP contribution in [0.2, 0.25) is 0 Å². The zero-order valence-electron chi connectivity index (χ0n) is 24.3. The molecule has 0 aromatic heterocycles. The summed E-state index contributed by atoms with van der Waals surface area (Å²) < 4.78 is -0.519. The molecule has 4 aromatic carbocycles. The molecular formula is C36H32I4O4. The van der Waals surface area contributed by atoms with Crippen LogP contribution >= 0.6 is 90.4 Å². The smallest absolute Gasteiger partial charge is 0.211 e. The number of carbonyl (C=O) groups is 4. The molecule has 0 aliphatic heterocycles. The highest BCUT2D eigenvalue weighted by molar-refractivity contribution is 14.1. The number of halogens is 4. The van der Waals surface area contributed by atoms with Crippen molar-refractivity contribution in [3.05, 3.63) is 144 Å². The number of hydrogen-bond acceptors (Lipinski definition) is 4. The summed E-state index contributed by atoms with van der Waals surface area (Å²) in [6.07, 6.45) is 1.19. The molecule has 4 aromatic rings. The van der Waals surface area contributed by atoms with Crippen molar-refractivity contribution < 1.29 is 19.2 Å². The topological polar surface area (TPSA) is 68.3 Å². The summed E-state index contributed by atoms with van der Waals surface area (Å²) in [7, 11) is 0. The van der Waals surface area contributed by atoms with Crippen LogP contribution in [0.4, 0.5) is 0 Å². The van der Waals surface area contributed by atoms with Gasteiger partial charge in [0.05, 0.1) is 0 Å². The molecule has 228 valence electrons. The quantitative estimate of drug-likeness (QED) is 0.0806. The van der Waals surface area contributed by atoms with Gasteiger partial charge in [-0.15, -0.1) is 0 Å². The van der Waals surface area contributed by atoms with Crippen LogP contribution < -0.4 is 0 Å². The van der Waals surface area contributed by atoms with E-state index in [2.05, 4.69) is 6.92 Å². The van der Waals surface area contributed by atoms with Gasteiger partial charge in [0, 0.05) is 96.3 Å². The Morgan fingerprint density at radius 2 is 0.909 bits per heavy atom. The predicted octanol–water partition coefficient (Wildman–Crippen LogP) is 10.1. The second kappa shape index (κ2) is 17.4. The monoisotopic (exact) mass is 1040 g/mol. The molecule has 0 aliphatic carbocycles. The Morgan fingerprint density at radius 1 is 0.545 bits per heavy atom. The summed E-state index contributed by atoms with van der Waals surface area (Å²) in [5, 5.41) is 0. The molecule has 4 nitrogen and oxygen atoms in total. The molecule has 0 spiro atoms. The lowest BCUT2D eigenvalue weighted by Gasteiger charge is -2.35. The molecule has 0 saturated carbocycles. The SMILES string of the molecule is CC(CC(C(=O)I)(C(=O)I)c1ccccc1)c1ccccc1.CCC(c1ccccc1)C(C(=O)I)(C(=O)I)c1ccccc1. The Balaban J connectivity index is 0.000000240. The second-order valence-corrected chi connectivity index (χ2v) is 14.3. The highest BCUT2D eigenvalue weighted by atomic mass is 127. The lowest BCUT2D eigenvalue weighted by Crippen LogP contribution is -2.44. The fraction of sp³-hybridized carbons (Fsp3) is 0.222. The average Bonchev–Trinajstić information content (AvgIpc) is 3.03. The summed E-state index contributed by atoms with van der Waals surface area (Å²) in [4.78, 5) is 50.2. The maximum Gasteiger partial charge on any atom is 0.211 e. The molecule has 44 heavy (non-hydrogen) atoms. The van der Waals surface area contributed by atoms with Crippen molar-refractivity contribution in [2.24, 2.45) is 0 Å². The first kappa shape index (κ1) is 36.9. The fourth-order valence-corrected chi connectivity index (χ4v) is 10.1. The minimum atomic E-state index is -1.14. The van der Waals surface area contributed by atoms with Crippen LogP contribution in [-0.4, -0.2) is 15.2 Å². The lowest BCUT2D eigenvalue weighted by molar-refractivity contribution is -0.125. The van der Waals surface area contributed by atoms with Gasteiger partial charge in [-0.3, -0.25) is 19.2 Å². The Kier molecular flexibility index (Phi) is 14.6. The van der Waals surface area contributed by atoms with E-state index in [0.717, 1.165) is 22.3 Å². The second-order valence-electron chi connectivity index (χ2n) is 10.4. The van der Waals surface area contributed by atoms with Crippen LogP contribution in [-0.2, 0) is 30.0 Å². The van der Waals surface area contributed by atoms with Crippen molar-refractivity contribution in [2.75, 3.05) is 0 Å². The first-order valence-electron chi connectivity index (χ1n) is 14.0. The van der Waals surface area contributed by atoms with Gasteiger partial charge in [-0.05, 0) is 41.0 Å². The average molecular weight is 1040 g/mol. The maximum absolute atomic E-state index is 12.6. The van der Waals surface area contributed by atoms with E-state index in [4.69, 9.17) is 0 Å². The molecule has 4 rings (SSSR count). The van der Waals surface area contributed by atoms with Crippen molar-refractivity contribution in [1.82, 2.24) is 0 Å². The van der Waals surface area contributed by atoms with Crippen LogP contribution in [0, 0.1) is 0 Å². The molecule has 0 aliphatic rings. The molecule has 0 N–H and O–H groups in total. The largest absolute Gasteiger partial charge is 0.286 e. The van der Waals surface area contributed by atoms with Gasteiger partial charge in [0.25, 0.3) is 0 Å². The van der Waals surface area contributed by atoms with E-state index in [1.165, 1.54) is 0 Å². The molecule has 0 saturated heterocycles. The van der Waals surface area contributed by atoms with Gasteiger partial charge in [-0.25, -0.2) is 0 Å². The standard InChI is InChI=1S/2C18H16I2O2/c1-13(14-8-4-2-5-9-14)12-18(16(19)21,17(20)22)15-10-6-3-7-11-15;1-2-15(13-9-5-3-6-10-13)18(16(19)21,17(20)22)14-11-7-4-8-12-14/h2-11,13H,12H2,1H3;3-12,15H,2H2,1H3. The summed E-state index contributed by atoms with van der Waals surface area (Å²) in [5.74, 6) is -0.0660. The summed E-state index contributed by atoms with van der Waals surface area (Å²) in [6.45, 7) is 4.08. The Morgan fingerprint density at radius 3 is 1.27 bits per heavy atom. The first-order valence-corrected chi connectivity index (χ1v) is 18.4. The predicted molar refractivity (Wildman–Crippen MR) is 211 cm³/mol. The Hall–Kier alpha value is -1.52. The van der Waals surface area contributed by atoms with Crippen LogP contribution in [0.15, 0.2) is 121 Å². The third-order valence-electron chi connectivity index (χ3n) is 7.90. The summed E-state index contributed by atoms with van der Waals surface area (Å²) in [5.41, 5.74) is 1.47. The molecule has 0 fully saturated rings. The zero-order chi connectivity index (χ0) is 32.3. The van der Waals surface area contributed by atoms with E-state index in [9.17, 15) is 19.2 Å². The van der Waals surface area contributed by atoms with E-state index in [1.54, 1.807) is 90.4 Å². The van der Waals surface area contributed by atoms with E-state index >= 15 is 0 Å². The van der Waals surface area contributed by atoms with Gasteiger partial charge in [-0.2, -0.15) is 0 Å². The maximum atomic E-state index is 12.6. The molecule has 0 bridgehead atoms. The van der Waals surface area contributed by atoms with Gasteiger partial charge in [0.2, 0.25) is 15.2 Å².